The third-order valence-corrected chi connectivity index (χ3v) is 6.23. The van der Waals surface area contributed by atoms with Gasteiger partial charge in [-0.2, -0.15) is 0 Å². The maximum Gasteiger partial charge on any atom is 0.205 e. The molecular formula is C26H21FN4O3S. The number of thioether (sulfide) groups is 1. The van der Waals surface area contributed by atoms with E-state index >= 15 is 0 Å². The lowest BCUT2D eigenvalue weighted by atomic mass is 10.2. The van der Waals surface area contributed by atoms with Gasteiger partial charge in [-0.15, -0.1) is 10.2 Å². The second-order valence-electron chi connectivity index (χ2n) is 7.45. The largest absolute Gasteiger partial charge is 0.497 e. The number of halogens is 1. The summed E-state index contributed by atoms with van der Waals surface area (Å²) in [4.78, 5) is 4.37. The van der Waals surface area contributed by atoms with Crippen molar-refractivity contribution >= 4 is 11.8 Å². The van der Waals surface area contributed by atoms with Gasteiger partial charge in [0.15, 0.2) is 16.7 Å². The summed E-state index contributed by atoms with van der Waals surface area (Å²) in [6, 6.07) is 21.4. The Morgan fingerprint density at radius 3 is 2.43 bits per heavy atom. The number of benzene rings is 3. The molecule has 5 aromatic rings. The summed E-state index contributed by atoms with van der Waals surface area (Å²) in [5.74, 6) is 3.33. The van der Waals surface area contributed by atoms with Gasteiger partial charge in [-0.25, -0.2) is 9.37 Å². The average molecular weight is 489 g/mol. The van der Waals surface area contributed by atoms with Gasteiger partial charge >= 0.3 is 0 Å². The van der Waals surface area contributed by atoms with Gasteiger partial charge in [0.25, 0.3) is 0 Å². The van der Waals surface area contributed by atoms with E-state index in [-0.39, 0.29) is 5.82 Å². The summed E-state index contributed by atoms with van der Waals surface area (Å²) in [6.45, 7) is 0. The van der Waals surface area contributed by atoms with Crippen LogP contribution in [0.4, 0.5) is 4.39 Å². The molecule has 9 heteroatoms. The highest BCUT2D eigenvalue weighted by Gasteiger charge is 2.20. The van der Waals surface area contributed by atoms with Crippen LogP contribution in [-0.2, 0) is 5.75 Å². The number of nitrogens with zero attached hydrogens (tertiary/aromatic N) is 4. The van der Waals surface area contributed by atoms with Crippen LogP contribution in [0.15, 0.2) is 88.6 Å². The van der Waals surface area contributed by atoms with Crippen LogP contribution in [0.5, 0.6) is 11.5 Å². The molecule has 35 heavy (non-hydrogen) atoms. The van der Waals surface area contributed by atoms with E-state index in [9.17, 15) is 4.39 Å². The van der Waals surface area contributed by atoms with Crippen molar-refractivity contribution < 1.29 is 18.3 Å². The molecule has 0 aliphatic carbocycles. The third-order valence-electron chi connectivity index (χ3n) is 5.32. The quantitative estimate of drug-likeness (QED) is 0.247. The highest BCUT2D eigenvalue weighted by Crippen LogP contribution is 2.34. The number of methoxy groups -OCH3 is 2. The predicted octanol–water partition coefficient (Wildman–Crippen LogP) is 6.04. The standard InChI is InChI=1S/C26H21FN4O3S/c1-32-20-13-11-19(12-14-20)31-25(21-5-3-4-6-22(21)33-2)29-30-26(31)35-16-24-28-15-23(34-24)17-7-9-18(27)10-8-17/h3-15H,16H2,1-2H3. The highest BCUT2D eigenvalue weighted by molar-refractivity contribution is 7.98. The first-order valence-corrected chi connectivity index (χ1v) is 11.7. The van der Waals surface area contributed by atoms with Gasteiger partial charge in [-0.3, -0.25) is 4.57 Å². The van der Waals surface area contributed by atoms with Crippen molar-refractivity contribution in [3.05, 3.63) is 90.7 Å². The predicted molar refractivity (Wildman–Crippen MR) is 131 cm³/mol. The Morgan fingerprint density at radius 2 is 1.69 bits per heavy atom. The molecule has 0 atom stereocenters. The third kappa shape index (κ3) is 4.76. The SMILES string of the molecule is COc1ccc(-n2c(SCc3ncc(-c4ccc(F)cc4)o3)nnc2-c2ccccc2OC)cc1. The summed E-state index contributed by atoms with van der Waals surface area (Å²) >= 11 is 1.45. The first-order valence-electron chi connectivity index (χ1n) is 10.7. The molecule has 0 bridgehead atoms. The van der Waals surface area contributed by atoms with Crippen molar-refractivity contribution in [1.29, 1.82) is 0 Å². The molecule has 0 aliphatic heterocycles. The molecule has 0 spiro atoms. The van der Waals surface area contributed by atoms with E-state index in [0.717, 1.165) is 22.6 Å². The molecular weight excluding hydrogens is 467 g/mol. The maximum absolute atomic E-state index is 13.2. The molecule has 0 fully saturated rings. The van der Waals surface area contributed by atoms with Crippen molar-refractivity contribution in [3.63, 3.8) is 0 Å². The molecule has 2 heterocycles. The van der Waals surface area contributed by atoms with Crippen LogP contribution in [0.3, 0.4) is 0 Å². The summed E-state index contributed by atoms with van der Waals surface area (Å²) < 4.78 is 32.0. The minimum atomic E-state index is -0.298. The Bertz CT molecular complexity index is 1430. The van der Waals surface area contributed by atoms with Gasteiger partial charge in [-0.1, -0.05) is 23.9 Å². The van der Waals surface area contributed by atoms with Crippen LogP contribution < -0.4 is 9.47 Å². The molecule has 7 nitrogen and oxygen atoms in total. The van der Waals surface area contributed by atoms with Crippen molar-refractivity contribution in [2.45, 2.75) is 10.9 Å². The van der Waals surface area contributed by atoms with Gasteiger partial charge in [0.2, 0.25) is 5.89 Å². The van der Waals surface area contributed by atoms with Crippen LogP contribution in [0.1, 0.15) is 5.89 Å². The average Bonchev–Trinajstić information content (AvgIpc) is 3.55. The Balaban J connectivity index is 1.47. The van der Waals surface area contributed by atoms with Crippen LogP contribution in [0, 0.1) is 5.82 Å². The van der Waals surface area contributed by atoms with Gasteiger partial charge in [0, 0.05) is 5.56 Å². The molecule has 3 aromatic carbocycles. The number of hydrogen-bond donors (Lipinski definition) is 0. The molecule has 0 radical (unpaired) electrons. The Hall–Kier alpha value is -4.11. The number of aromatic nitrogens is 4. The molecule has 0 aliphatic rings. The number of hydrogen-bond acceptors (Lipinski definition) is 7. The summed E-state index contributed by atoms with van der Waals surface area (Å²) in [5, 5.41) is 9.60. The number of ether oxygens (including phenoxy) is 2. The van der Waals surface area contributed by atoms with Crippen LogP contribution in [0.2, 0.25) is 0 Å². The zero-order valence-corrected chi connectivity index (χ0v) is 19.8. The Kier molecular flexibility index (Phi) is 6.49. The summed E-state index contributed by atoms with van der Waals surface area (Å²) in [7, 11) is 3.26. The zero-order chi connectivity index (χ0) is 24.2. The van der Waals surface area contributed by atoms with E-state index in [4.69, 9.17) is 13.9 Å². The molecule has 0 N–H and O–H groups in total. The van der Waals surface area contributed by atoms with E-state index in [2.05, 4.69) is 15.2 Å². The first-order chi connectivity index (χ1) is 17.2. The monoisotopic (exact) mass is 488 g/mol. The molecule has 0 amide bonds. The Labute approximate surface area is 205 Å². The first kappa shape index (κ1) is 22.7. The lowest BCUT2D eigenvalue weighted by Crippen LogP contribution is -2.01. The molecule has 176 valence electrons. The minimum Gasteiger partial charge on any atom is -0.497 e. The number of rotatable bonds is 8. The van der Waals surface area contributed by atoms with Crippen LogP contribution in [0.25, 0.3) is 28.4 Å². The normalized spacial score (nSPS) is 10.9. The molecule has 2 aromatic heterocycles. The number of oxazole rings is 1. The van der Waals surface area contributed by atoms with Crippen LogP contribution in [-0.4, -0.2) is 34.0 Å². The van der Waals surface area contributed by atoms with Crippen molar-refractivity contribution in [2.75, 3.05) is 14.2 Å². The highest BCUT2D eigenvalue weighted by atomic mass is 32.2. The van der Waals surface area contributed by atoms with Crippen molar-refractivity contribution in [3.8, 4) is 39.9 Å². The molecule has 0 unspecified atom stereocenters. The lowest BCUT2D eigenvalue weighted by molar-refractivity contribution is 0.414. The summed E-state index contributed by atoms with van der Waals surface area (Å²) in [6.07, 6.45) is 1.64. The van der Waals surface area contributed by atoms with Crippen LogP contribution >= 0.6 is 11.8 Å². The maximum atomic E-state index is 13.2. The smallest absolute Gasteiger partial charge is 0.205 e. The molecule has 0 saturated heterocycles. The second kappa shape index (κ2) is 10.0. The van der Waals surface area contributed by atoms with Crippen molar-refractivity contribution in [2.24, 2.45) is 0 Å². The van der Waals surface area contributed by atoms with Gasteiger partial charge in [0.1, 0.15) is 17.3 Å². The van der Waals surface area contributed by atoms with Crippen molar-refractivity contribution in [1.82, 2.24) is 19.7 Å². The second-order valence-corrected chi connectivity index (χ2v) is 8.40. The lowest BCUT2D eigenvalue weighted by Gasteiger charge is -2.12. The Morgan fingerprint density at radius 1 is 0.914 bits per heavy atom. The molecule has 0 saturated carbocycles. The number of para-hydroxylation sites is 1. The fraction of sp³-hybridized carbons (Fsp3) is 0.115. The van der Waals surface area contributed by atoms with Gasteiger partial charge in [0.05, 0.1) is 37.4 Å². The molecule has 5 rings (SSSR count). The zero-order valence-electron chi connectivity index (χ0n) is 19.0. The van der Waals surface area contributed by atoms with E-state index in [0.29, 0.717) is 34.1 Å². The van der Waals surface area contributed by atoms with Gasteiger partial charge in [-0.05, 0) is 60.7 Å². The van der Waals surface area contributed by atoms with E-state index < -0.39 is 0 Å². The fourth-order valence-corrected chi connectivity index (χ4v) is 4.39. The van der Waals surface area contributed by atoms with Gasteiger partial charge < -0.3 is 13.9 Å². The summed E-state index contributed by atoms with van der Waals surface area (Å²) in [5.41, 5.74) is 2.45. The minimum absolute atomic E-state index is 0.298. The van der Waals surface area contributed by atoms with E-state index in [1.165, 1.54) is 23.9 Å². The fourth-order valence-electron chi connectivity index (χ4n) is 3.58. The van der Waals surface area contributed by atoms with E-state index in [1.807, 2.05) is 53.1 Å². The van der Waals surface area contributed by atoms with E-state index in [1.54, 1.807) is 32.5 Å². The topological polar surface area (TPSA) is 75.2 Å².